The van der Waals surface area contributed by atoms with Crippen LogP contribution in [-0.4, -0.2) is 47.4 Å². The maximum absolute atomic E-state index is 12.5. The van der Waals surface area contributed by atoms with Gasteiger partial charge in [0, 0.05) is 12.8 Å². The predicted octanol–water partition coefficient (Wildman–Crippen LogP) is 22.1. The van der Waals surface area contributed by atoms with Crippen molar-refractivity contribution in [3.05, 3.63) is 24.3 Å². The molecule has 2 atom stereocenters. The summed E-state index contributed by atoms with van der Waals surface area (Å²) in [4.78, 5) is 24.6. The minimum absolute atomic E-state index is 0.0201. The summed E-state index contributed by atoms with van der Waals surface area (Å²) in [6, 6.07) is -0.627. The summed E-state index contributed by atoms with van der Waals surface area (Å²) in [6.07, 6.45) is 82.6. The van der Waals surface area contributed by atoms with Gasteiger partial charge in [-0.3, -0.25) is 9.59 Å². The first-order chi connectivity index (χ1) is 37.5. The molecule has 0 aromatic rings. The van der Waals surface area contributed by atoms with E-state index in [1.807, 2.05) is 6.08 Å². The van der Waals surface area contributed by atoms with Crippen LogP contribution in [0.2, 0.25) is 0 Å². The monoisotopic (exact) mass is 1070 g/mol. The number of aliphatic hydroxyl groups is 2. The van der Waals surface area contributed by atoms with Crippen LogP contribution in [0, 0.1) is 0 Å². The topological polar surface area (TPSA) is 95.9 Å². The van der Waals surface area contributed by atoms with Crippen LogP contribution in [0.1, 0.15) is 386 Å². The number of rotatable bonds is 65. The summed E-state index contributed by atoms with van der Waals surface area (Å²) in [5.74, 6) is -0.0473. The molecule has 3 N–H and O–H groups in total. The van der Waals surface area contributed by atoms with Crippen LogP contribution < -0.4 is 5.32 Å². The summed E-state index contributed by atoms with van der Waals surface area (Å²) in [5.41, 5.74) is 0. The SMILES string of the molecule is CCCCCCCCCCCCC/C=C/C(O)C(CO)NC(=O)CCCCCCCCCCCCC/C=C\CCCCCCCCCCCCCCOC(=O)CCCCCCCCCCCCCCCCCCCCC. The van der Waals surface area contributed by atoms with Gasteiger partial charge in [0.2, 0.25) is 5.91 Å². The van der Waals surface area contributed by atoms with E-state index < -0.39 is 12.1 Å². The summed E-state index contributed by atoms with van der Waals surface area (Å²) >= 11 is 0. The van der Waals surface area contributed by atoms with Crippen molar-refractivity contribution in [2.24, 2.45) is 0 Å². The molecule has 0 heterocycles. The Hall–Kier alpha value is -1.66. The van der Waals surface area contributed by atoms with Crippen molar-refractivity contribution in [2.45, 2.75) is 398 Å². The van der Waals surface area contributed by atoms with Gasteiger partial charge < -0.3 is 20.3 Å². The maximum Gasteiger partial charge on any atom is 0.305 e. The normalized spacial score (nSPS) is 12.6. The summed E-state index contributed by atoms with van der Waals surface area (Å²) in [6.45, 7) is 4.93. The molecule has 0 aliphatic carbocycles. The van der Waals surface area contributed by atoms with E-state index in [0.717, 1.165) is 38.5 Å². The minimum atomic E-state index is -0.844. The molecule has 0 spiro atoms. The predicted molar refractivity (Wildman–Crippen MR) is 333 cm³/mol. The fraction of sp³-hybridized carbons (Fsp3) is 0.914. The molecule has 0 aliphatic heterocycles. The van der Waals surface area contributed by atoms with E-state index in [4.69, 9.17) is 4.74 Å². The highest BCUT2D eigenvalue weighted by atomic mass is 16.5. The second-order valence-corrected chi connectivity index (χ2v) is 23.9. The number of hydrogen-bond acceptors (Lipinski definition) is 5. The Morgan fingerprint density at radius 3 is 0.934 bits per heavy atom. The van der Waals surface area contributed by atoms with Crippen molar-refractivity contribution in [2.75, 3.05) is 13.2 Å². The Morgan fingerprint density at radius 1 is 0.355 bits per heavy atom. The van der Waals surface area contributed by atoms with Gasteiger partial charge in [0.15, 0.2) is 0 Å². The second-order valence-electron chi connectivity index (χ2n) is 23.9. The third kappa shape index (κ3) is 61.6. The number of unbranched alkanes of at least 4 members (excludes halogenated alkanes) is 52. The molecule has 0 aliphatic rings. The third-order valence-corrected chi connectivity index (χ3v) is 16.2. The number of allylic oxidation sites excluding steroid dienone is 3. The Balaban J connectivity index is 3.36. The zero-order valence-corrected chi connectivity index (χ0v) is 51.5. The molecule has 6 heteroatoms. The minimum Gasteiger partial charge on any atom is -0.466 e. The molecule has 0 bridgehead atoms. The van der Waals surface area contributed by atoms with E-state index in [1.54, 1.807) is 6.08 Å². The molecule has 0 rings (SSSR count). The van der Waals surface area contributed by atoms with Crippen molar-refractivity contribution >= 4 is 11.9 Å². The van der Waals surface area contributed by atoms with E-state index in [-0.39, 0.29) is 18.5 Å². The zero-order valence-electron chi connectivity index (χ0n) is 51.5. The van der Waals surface area contributed by atoms with Gasteiger partial charge in [-0.2, -0.15) is 0 Å². The summed E-state index contributed by atoms with van der Waals surface area (Å²) in [7, 11) is 0. The molecular weight excluding hydrogens is 935 g/mol. The number of nitrogens with one attached hydrogen (secondary N) is 1. The van der Waals surface area contributed by atoms with Crippen LogP contribution in [-0.2, 0) is 14.3 Å². The largest absolute Gasteiger partial charge is 0.466 e. The van der Waals surface area contributed by atoms with Gasteiger partial charge in [0.1, 0.15) is 0 Å². The van der Waals surface area contributed by atoms with Crippen molar-refractivity contribution < 1.29 is 24.5 Å². The van der Waals surface area contributed by atoms with Gasteiger partial charge in [0.25, 0.3) is 0 Å². The van der Waals surface area contributed by atoms with Gasteiger partial charge >= 0.3 is 5.97 Å². The van der Waals surface area contributed by atoms with Crippen LogP contribution in [0.15, 0.2) is 24.3 Å². The first-order valence-corrected chi connectivity index (χ1v) is 34.6. The first kappa shape index (κ1) is 74.3. The molecule has 0 radical (unpaired) electrons. The van der Waals surface area contributed by atoms with Crippen LogP contribution in [0.3, 0.4) is 0 Å². The Morgan fingerprint density at radius 2 is 0.618 bits per heavy atom. The highest BCUT2D eigenvalue weighted by molar-refractivity contribution is 5.76. The van der Waals surface area contributed by atoms with Crippen molar-refractivity contribution in [1.82, 2.24) is 5.32 Å². The van der Waals surface area contributed by atoms with E-state index in [9.17, 15) is 19.8 Å². The lowest BCUT2D eigenvalue weighted by atomic mass is 10.0. The molecule has 450 valence electrons. The molecular formula is C70H135NO5. The van der Waals surface area contributed by atoms with Gasteiger partial charge in [-0.1, -0.05) is 340 Å². The Labute approximate surface area is 475 Å². The maximum atomic E-state index is 12.5. The third-order valence-electron chi connectivity index (χ3n) is 16.2. The zero-order chi connectivity index (χ0) is 55.0. The van der Waals surface area contributed by atoms with Crippen LogP contribution >= 0.6 is 0 Å². The molecule has 6 nitrogen and oxygen atoms in total. The summed E-state index contributed by atoms with van der Waals surface area (Å²) in [5, 5.41) is 23.1. The molecule has 2 unspecified atom stereocenters. The van der Waals surface area contributed by atoms with E-state index >= 15 is 0 Å². The summed E-state index contributed by atoms with van der Waals surface area (Å²) < 4.78 is 5.51. The van der Waals surface area contributed by atoms with Crippen LogP contribution in [0.25, 0.3) is 0 Å². The lowest BCUT2D eigenvalue weighted by molar-refractivity contribution is -0.143. The molecule has 0 fully saturated rings. The molecule has 0 aromatic heterocycles. The van der Waals surface area contributed by atoms with Crippen molar-refractivity contribution in [3.8, 4) is 0 Å². The average molecular weight is 1070 g/mol. The van der Waals surface area contributed by atoms with E-state index in [2.05, 4.69) is 31.3 Å². The molecule has 0 saturated carbocycles. The number of ether oxygens (including phenoxy) is 1. The highest BCUT2D eigenvalue weighted by Gasteiger charge is 2.18. The molecule has 0 aromatic carbocycles. The van der Waals surface area contributed by atoms with Gasteiger partial charge in [-0.05, 0) is 57.8 Å². The smallest absolute Gasteiger partial charge is 0.305 e. The van der Waals surface area contributed by atoms with E-state index in [0.29, 0.717) is 19.4 Å². The number of esters is 1. The number of carbonyl (C=O) groups excluding carboxylic acids is 2. The number of aliphatic hydroxyl groups excluding tert-OH is 2. The van der Waals surface area contributed by atoms with Crippen molar-refractivity contribution in [1.29, 1.82) is 0 Å². The van der Waals surface area contributed by atoms with Gasteiger partial charge in [0.05, 0.1) is 25.4 Å². The van der Waals surface area contributed by atoms with Crippen LogP contribution in [0.5, 0.6) is 0 Å². The number of carbonyl (C=O) groups is 2. The van der Waals surface area contributed by atoms with Crippen LogP contribution in [0.4, 0.5) is 0 Å². The van der Waals surface area contributed by atoms with Crippen molar-refractivity contribution in [3.63, 3.8) is 0 Å². The quantitative estimate of drug-likeness (QED) is 0.0320. The lowest BCUT2D eigenvalue weighted by Crippen LogP contribution is -2.45. The molecule has 0 saturated heterocycles. The fourth-order valence-electron chi connectivity index (χ4n) is 10.9. The highest BCUT2D eigenvalue weighted by Crippen LogP contribution is 2.18. The van der Waals surface area contributed by atoms with Gasteiger partial charge in [-0.15, -0.1) is 0 Å². The average Bonchev–Trinajstić information content (AvgIpc) is 3.42. The fourth-order valence-corrected chi connectivity index (χ4v) is 10.9. The second kappa shape index (κ2) is 65.9. The lowest BCUT2D eigenvalue weighted by Gasteiger charge is -2.20. The number of amides is 1. The molecule has 1 amide bonds. The van der Waals surface area contributed by atoms with Gasteiger partial charge in [-0.25, -0.2) is 0 Å². The standard InChI is InChI=1S/C70H135NO5/c1-3-5-7-9-11-13-15-17-18-19-29-33-36-40-44-48-52-56-60-64-70(75)76-65-61-57-53-49-45-41-37-34-31-28-26-24-22-20-21-23-25-27-30-32-35-39-43-47-51-55-59-63-69(74)71-67(66-72)68(73)62-58-54-50-46-42-38-16-14-12-10-8-6-4-2/h20-21,58,62,67-68,72-73H,3-19,22-57,59-61,63-66H2,1-2H3,(H,71,74)/b21-20-,62-58+. The number of hydrogen-bond donors (Lipinski definition) is 3. The Bertz CT molecular complexity index is 1190. The molecule has 76 heavy (non-hydrogen) atoms. The Kier molecular flexibility index (Phi) is 64.4. The first-order valence-electron chi connectivity index (χ1n) is 34.6. The van der Waals surface area contributed by atoms with E-state index in [1.165, 1.54) is 321 Å².